The number of ether oxygens (including phenoxy) is 1. The van der Waals surface area contributed by atoms with E-state index < -0.39 is 23.4 Å². The summed E-state index contributed by atoms with van der Waals surface area (Å²) in [6.07, 6.45) is 0. The van der Waals surface area contributed by atoms with Crippen molar-refractivity contribution in [1.29, 1.82) is 0 Å². The Morgan fingerprint density at radius 1 is 1.14 bits per heavy atom. The minimum absolute atomic E-state index is 0.00570. The molecule has 1 N–H and O–H groups in total. The number of carbonyl (C=O) groups excluding carboxylic acids is 2. The van der Waals surface area contributed by atoms with E-state index in [1.54, 1.807) is 24.3 Å². The second-order valence-electron chi connectivity index (χ2n) is 5.61. The summed E-state index contributed by atoms with van der Waals surface area (Å²) in [6, 6.07) is 12.8. The SMILES string of the molecule is Cc1c(C(=O)OCC(=O)Nc2nnc(-c3ccccc3)o2)cccc1[N+](=O)[O-]. The Balaban J connectivity index is 1.59. The third-order valence-corrected chi connectivity index (χ3v) is 3.75. The summed E-state index contributed by atoms with van der Waals surface area (Å²) in [7, 11) is 0. The van der Waals surface area contributed by atoms with Crippen LogP contribution in [0.25, 0.3) is 11.5 Å². The van der Waals surface area contributed by atoms with Crippen LogP contribution in [-0.2, 0) is 9.53 Å². The van der Waals surface area contributed by atoms with Gasteiger partial charge in [-0.15, -0.1) is 5.10 Å². The molecule has 1 heterocycles. The van der Waals surface area contributed by atoms with E-state index in [-0.39, 0.29) is 28.7 Å². The summed E-state index contributed by atoms with van der Waals surface area (Å²) in [5.74, 6) is -1.33. The largest absolute Gasteiger partial charge is 0.452 e. The van der Waals surface area contributed by atoms with Gasteiger partial charge in [-0.2, -0.15) is 0 Å². The minimum Gasteiger partial charge on any atom is -0.452 e. The van der Waals surface area contributed by atoms with Gasteiger partial charge in [-0.25, -0.2) is 4.79 Å². The molecule has 10 nitrogen and oxygen atoms in total. The fourth-order valence-electron chi connectivity index (χ4n) is 2.38. The summed E-state index contributed by atoms with van der Waals surface area (Å²) < 4.78 is 10.2. The lowest BCUT2D eigenvalue weighted by atomic mass is 10.1. The van der Waals surface area contributed by atoms with E-state index in [2.05, 4.69) is 15.5 Å². The molecule has 3 aromatic rings. The first-order valence-electron chi connectivity index (χ1n) is 8.05. The van der Waals surface area contributed by atoms with E-state index in [0.29, 0.717) is 5.56 Å². The Bertz CT molecular complexity index is 1030. The highest BCUT2D eigenvalue weighted by atomic mass is 16.6. The molecule has 0 spiro atoms. The molecule has 0 radical (unpaired) electrons. The number of nitrogens with zero attached hydrogens (tertiary/aromatic N) is 3. The quantitative estimate of drug-likeness (QED) is 0.390. The molecular weight excluding hydrogens is 368 g/mol. The average molecular weight is 382 g/mol. The van der Waals surface area contributed by atoms with Gasteiger partial charge in [-0.3, -0.25) is 20.2 Å². The number of amides is 1. The van der Waals surface area contributed by atoms with Gasteiger partial charge in [-0.1, -0.05) is 29.4 Å². The zero-order valence-electron chi connectivity index (χ0n) is 14.6. The van der Waals surface area contributed by atoms with Crippen molar-refractivity contribution >= 4 is 23.6 Å². The van der Waals surface area contributed by atoms with Gasteiger partial charge in [0.2, 0.25) is 5.89 Å². The van der Waals surface area contributed by atoms with Crippen LogP contribution in [-0.4, -0.2) is 33.6 Å². The van der Waals surface area contributed by atoms with Gasteiger partial charge < -0.3 is 9.15 Å². The van der Waals surface area contributed by atoms with Crippen molar-refractivity contribution in [1.82, 2.24) is 10.2 Å². The number of esters is 1. The first-order valence-corrected chi connectivity index (χ1v) is 8.05. The van der Waals surface area contributed by atoms with Crippen LogP contribution in [0.15, 0.2) is 52.9 Å². The predicted molar refractivity (Wildman–Crippen MR) is 96.5 cm³/mol. The highest BCUT2D eigenvalue weighted by molar-refractivity contribution is 5.95. The van der Waals surface area contributed by atoms with Crippen molar-refractivity contribution < 1.29 is 23.7 Å². The molecule has 0 saturated heterocycles. The fourth-order valence-corrected chi connectivity index (χ4v) is 2.38. The zero-order chi connectivity index (χ0) is 20.1. The third-order valence-electron chi connectivity index (χ3n) is 3.75. The number of benzene rings is 2. The third kappa shape index (κ3) is 4.18. The second kappa shape index (κ2) is 8.08. The van der Waals surface area contributed by atoms with Crippen molar-refractivity contribution in [3.63, 3.8) is 0 Å². The van der Waals surface area contributed by atoms with Gasteiger partial charge in [-0.05, 0) is 25.1 Å². The molecule has 0 unspecified atom stereocenters. The Morgan fingerprint density at radius 2 is 1.89 bits per heavy atom. The molecule has 2 aromatic carbocycles. The van der Waals surface area contributed by atoms with E-state index in [1.165, 1.54) is 25.1 Å². The highest BCUT2D eigenvalue weighted by Gasteiger charge is 2.20. The molecule has 142 valence electrons. The van der Waals surface area contributed by atoms with Crippen molar-refractivity contribution in [3.8, 4) is 11.5 Å². The van der Waals surface area contributed by atoms with Crippen molar-refractivity contribution in [2.75, 3.05) is 11.9 Å². The van der Waals surface area contributed by atoms with Crippen LogP contribution in [0.1, 0.15) is 15.9 Å². The summed E-state index contributed by atoms with van der Waals surface area (Å²) in [6.45, 7) is 0.808. The Kier molecular flexibility index (Phi) is 5.40. The van der Waals surface area contributed by atoms with Gasteiger partial charge >= 0.3 is 12.0 Å². The second-order valence-corrected chi connectivity index (χ2v) is 5.61. The van der Waals surface area contributed by atoms with Crippen LogP contribution in [0.4, 0.5) is 11.7 Å². The van der Waals surface area contributed by atoms with Crippen molar-refractivity contribution in [2.24, 2.45) is 0 Å². The Hall–Kier alpha value is -4.08. The van der Waals surface area contributed by atoms with Crippen molar-refractivity contribution in [2.45, 2.75) is 6.92 Å². The molecule has 0 saturated carbocycles. The number of anilines is 1. The van der Waals surface area contributed by atoms with Crippen LogP contribution in [0.5, 0.6) is 0 Å². The number of carbonyl (C=O) groups is 2. The molecular formula is C18H14N4O6. The lowest BCUT2D eigenvalue weighted by Crippen LogP contribution is -2.21. The van der Waals surface area contributed by atoms with Crippen LogP contribution in [0, 0.1) is 17.0 Å². The van der Waals surface area contributed by atoms with Gasteiger partial charge in [0.15, 0.2) is 6.61 Å². The summed E-state index contributed by atoms with van der Waals surface area (Å²) in [5.41, 5.74) is 0.634. The van der Waals surface area contributed by atoms with Crippen LogP contribution >= 0.6 is 0 Å². The van der Waals surface area contributed by atoms with Gasteiger partial charge in [0.05, 0.1) is 10.5 Å². The standard InChI is InChI=1S/C18H14N4O6/c1-11-13(8-5-9-14(11)22(25)26)17(24)27-10-15(23)19-18-21-20-16(28-18)12-6-3-2-4-7-12/h2-9H,10H2,1H3,(H,19,21,23). The molecule has 28 heavy (non-hydrogen) atoms. The molecule has 0 atom stereocenters. The first-order chi connectivity index (χ1) is 13.5. The molecule has 0 bridgehead atoms. The maximum absolute atomic E-state index is 12.1. The van der Waals surface area contributed by atoms with E-state index in [9.17, 15) is 19.7 Å². The van der Waals surface area contributed by atoms with Crippen LogP contribution in [0.3, 0.4) is 0 Å². The van der Waals surface area contributed by atoms with E-state index in [1.807, 2.05) is 6.07 Å². The van der Waals surface area contributed by atoms with Crippen molar-refractivity contribution in [3.05, 3.63) is 69.8 Å². The average Bonchev–Trinajstić information content (AvgIpc) is 3.15. The lowest BCUT2D eigenvalue weighted by Gasteiger charge is -2.06. The molecule has 0 fully saturated rings. The molecule has 3 rings (SSSR count). The summed E-state index contributed by atoms with van der Waals surface area (Å²) in [5, 5.41) is 20.8. The highest BCUT2D eigenvalue weighted by Crippen LogP contribution is 2.22. The fraction of sp³-hybridized carbons (Fsp3) is 0.111. The number of aromatic nitrogens is 2. The number of nitro benzene ring substituents is 1. The monoisotopic (exact) mass is 382 g/mol. The van der Waals surface area contributed by atoms with Gasteiger partial charge in [0, 0.05) is 17.2 Å². The first kappa shape index (κ1) is 18.7. The number of hydrogen-bond donors (Lipinski definition) is 1. The normalized spacial score (nSPS) is 10.3. The Morgan fingerprint density at radius 3 is 2.61 bits per heavy atom. The molecule has 0 aliphatic carbocycles. The van der Waals surface area contributed by atoms with Gasteiger partial charge in [0.25, 0.3) is 11.6 Å². The number of nitrogens with one attached hydrogen (secondary N) is 1. The van der Waals surface area contributed by atoms with E-state index in [4.69, 9.17) is 9.15 Å². The zero-order valence-corrected chi connectivity index (χ0v) is 14.6. The minimum atomic E-state index is -0.855. The number of rotatable bonds is 6. The topological polar surface area (TPSA) is 137 Å². The van der Waals surface area contributed by atoms with E-state index >= 15 is 0 Å². The molecule has 1 aromatic heterocycles. The maximum atomic E-state index is 12.1. The molecule has 0 aliphatic rings. The summed E-state index contributed by atoms with van der Waals surface area (Å²) in [4.78, 5) is 34.4. The van der Waals surface area contributed by atoms with E-state index in [0.717, 1.165) is 0 Å². The molecule has 0 aliphatic heterocycles. The lowest BCUT2D eigenvalue weighted by molar-refractivity contribution is -0.385. The van der Waals surface area contributed by atoms with Gasteiger partial charge in [0.1, 0.15) is 0 Å². The number of hydrogen-bond acceptors (Lipinski definition) is 8. The molecule has 1 amide bonds. The van der Waals surface area contributed by atoms with Crippen LogP contribution < -0.4 is 5.32 Å². The molecule has 10 heteroatoms. The number of nitro groups is 1. The maximum Gasteiger partial charge on any atom is 0.339 e. The van der Waals surface area contributed by atoms with Crippen LogP contribution in [0.2, 0.25) is 0 Å². The Labute approximate surface area is 158 Å². The predicted octanol–water partition coefficient (Wildman–Crippen LogP) is 2.75. The smallest absolute Gasteiger partial charge is 0.339 e. The summed E-state index contributed by atoms with van der Waals surface area (Å²) >= 11 is 0.